The number of aliphatic hydroxyl groups is 1. The molecule has 2 aromatic rings. The van der Waals surface area contributed by atoms with Gasteiger partial charge in [0, 0.05) is 6.07 Å². The molecule has 0 heterocycles. The number of halogens is 2. The molecule has 126 valence electrons. The maximum Gasteiger partial charge on any atom is 0.319 e. The molecule has 2 amide bonds. The molecule has 1 aliphatic rings. The van der Waals surface area contributed by atoms with Crippen LogP contribution in [0.25, 0.3) is 0 Å². The number of hydrogen-bond acceptors (Lipinski definition) is 2. The van der Waals surface area contributed by atoms with Crippen LogP contribution in [-0.2, 0) is 12.0 Å². The van der Waals surface area contributed by atoms with Crippen LogP contribution >= 0.6 is 0 Å². The summed E-state index contributed by atoms with van der Waals surface area (Å²) in [7, 11) is 0. The van der Waals surface area contributed by atoms with Crippen LogP contribution < -0.4 is 10.6 Å². The second-order valence-corrected chi connectivity index (χ2v) is 5.97. The zero-order valence-corrected chi connectivity index (χ0v) is 13.0. The van der Waals surface area contributed by atoms with Gasteiger partial charge in [0.2, 0.25) is 0 Å². The van der Waals surface area contributed by atoms with E-state index < -0.39 is 23.3 Å². The fourth-order valence-corrected chi connectivity index (χ4v) is 3.07. The largest absolute Gasteiger partial charge is 0.383 e. The molecule has 0 saturated carbocycles. The summed E-state index contributed by atoms with van der Waals surface area (Å²) in [5.74, 6) is -1.57. The van der Waals surface area contributed by atoms with E-state index >= 15 is 0 Å². The number of hydrogen-bond donors (Lipinski definition) is 3. The van der Waals surface area contributed by atoms with Gasteiger partial charge in [-0.1, -0.05) is 24.3 Å². The standard InChI is InChI=1S/C18H18F2N2O2/c19-13-7-8-16(15(20)10-13)22-17(23)21-11-18(24)9-3-5-12-4-1-2-6-14(12)18/h1-2,4,6-8,10,24H,3,5,9,11H2,(H2,21,22,23). The van der Waals surface area contributed by atoms with Crippen molar-refractivity contribution < 1.29 is 18.7 Å². The lowest BCUT2D eigenvalue weighted by Gasteiger charge is -2.34. The van der Waals surface area contributed by atoms with Crippen molar-refractivity contribution in [3.8, 4) is 0 Å². The van der Waals surface area contributed by atoms with E-state index in [2.05, 4.69) is 10.6 Å². The molecule has 3 rings (SSSR count). The molecule has 0 radical (unpaired) electrons. The third kappa shape index (κ3) is 3.38. The summed E-state index contributed by atoms with van der Waals surface area (Å²) < 4.78 is 26.4. The Hall–Kier alpha value is -2.47. The molecule has 6 heteroatoms. The third-order valence-electron chi connectivity index (χ3n) is 4.28. The van der Waals surface area contributed by atoms with Gasteiger partial charge in [-0.25, -0.2) is 13.6 Å². The van der Waals surface area contributed by atoms with Gasteiger partial charge in [-0.15, -0.1) is 0 Å². The van der Waals surface area contributed by atoms with Crippen LogP contribution in [0.3, 0.4) is 0 Å². The van der Waals surface area contributed by atoms with E-state index in [1.54, 1.807) is 0 Å². The first-order chi connectivity index (χ1) is 11.5. The average molecular weight is 332 g/mol. The Kier molecular flexibility index (Phi) is 4.49. The van der Waals surface area contributed by atoms with E-state index in [9.17, 15) is 18.7 Å². The monoisotopic (exact) mass is 332 g/mol. The zero-order valence-electron chi connectivity index (χ0n) is 13.0. The van der Waals surface area contributed by atoms with E-state index in [0.717, 1.165) is 36.1 Å². The molecule has 2 aromatic carbocycles. The molecule has 1 atom stereocenters. The molecule has 0 spiro atoms. The second-order valence-electron chi connectivity index (χ2n) is 5.97. The predicted molar refractivity (Wildman–Crippen MR) is 86.7 cm³/mol. The summed E-state index contributed by atoms with van der Waals surface area (Å²) in [5.41, 5.74) is 0.612. The predicted octanol–water partition coefficient (Wildman–Crippen LogP) is 3.31. The smallest absolute Gasteiger partial charge is 0.319 e. The Morgan fingerprint density at radius 2 is 2.00 bits per heavy atom. The van der Waals surface area contributed by atoms with E-state index in [-0.39, 0.29) is 12.2 Å². The summed E-state index contributed by atoms with van der Waals surface area (Å²) in [6, 6.07) is 9.84. The number of rotatable bonds is 3. The highest BCUT2D eigenvalue weighted by molar-refractivity contribution is 5.89. The number of amides is 2. The second kappa shape index (κ2) is 6.57. The molecule has 1 unspecified atom stereocenters. The average Bonchev–Trinajstić information content (AvgIpc) is 2.56. The molecule has 0 bridgehead atoms. The molecule has 0 saturated heterocycles. The number of fused-ring (bicyclic) bond motifs is 1. The van der Waals surface area contributed by atoms with Crippen molar-refractivity contribution >= 4 is 11.7 Å². The highest BCUT2D eigenvalue weighted by atomic mass is 19.1. The van der Waals surface area contributed by atoms with Gasteiger partial charge in [-0.3, -0.25) is 0 Å². The minimum atomic E-state index is -1.15. The van der Waals surface area contributed by atoms with Crippen molar-refractivity contribution in [2.45, 2.75) is 24.9 Å². The minimum absolute atomic E-state index is 0.0126. The number of nitrogens with one attached hydrogen (secondary N) is 2. The number of aryl methyl sites for hydroxylation is 1. The van der Waals surface area contributed by atoms with Crippen LogP contribution in [0.2, 0.25) is 0 Å². The summed E-state index contributed by atoms with van der Waals surface area (Å²) in [6.45, 7) is 0.0126. The first-order valence-electron chi connectivity index (χ1n) is 7.79. The lowest BCUT2D eigenvalue weighted by molar-refractivity contribution is 0.0221. The Labute approximate surface area is 138 Å². The normalized spacial score (nSPS) is 19.5. The van der Waals surface area contributed by atoms with E-state index in [0.29, 0.717) is 12.5 Å². The Balaban J connectivity index is 1.66. The molecule has 3 N–H and O–H groups in total. The van der Waals surface area contributed by atoms with Crippen LogP contribution in [0.1, 0.15) is 24.0 Å². The zero-order chi connectivity index (χ0) is 17.2. The van der Waals surface area contributed by atoms with Crippen LogP contribution in [0.4, 0.5) is 19.3 Å². The Morgan fingerprint density at radius 3 is 2.79 bits per heavy atom. The van der Waals surface area contributed by atoms with Gasteiger partial charge in [-0.2, -0.15) is 0 Å². The van der Waals surface area contributed by atoms with Crippen molar-refractivity contribution in [2.24, 2.45) is 0 Å². The maximum absolute atomic E-state index is 13.5. The van der Waals surface area contributed by atoms with Crippen molar-refractivity contribution in [3.05, 3.63) is 65.2 Å². The molecule has 0 aromatic heterocycles. The van der Waals surface area contributed by atoms with Crippen LogP contribution in [0.15, 0.2) is 42.5 Å². The first kappa shape index (κ1) is 16.4. The lowest BCUT2D eigenvalue weighted by Crippen LogP contribution is -2.44. The van der Waals surface area contributed by atoms with Gasteiger partial charge in [0.1, 0.15) is 17.2 Å². The molecular formula is C18H18F2N2O2. The fourth-order valence-electron chi connectivity index (χ4n) is 3.07. The summed E-state index contributed by atoms with van der Waals surface area (Å²) in [6.07, 6.45) is 2.25. The number of carbonyl (C=O) groups excluding carboxylic acids is 1. The van der Waals surface area contributed by atoms with Crippen molar-refractivity contribution in [3.63, 3.8) is 0 Å². The van der Waals surface area contributed by atoms with E-state index in [1.807, 2.05) is 24.3 Å². The van der Waals surface area contributed by atoms with Crippen molar-refractivity contribution in [2.75, 3.05) is 11.9 Å². The molecule has 0 fully saturated rings. The van der Waals surface area contributed by atoms with Crippen molar-refractivity contribution in [1.82, 2.24) is 5.32 Å². The summed E-state index contributed by atoms with van der Waals surface area (Å²) >= 11 is 0. The van der Waals surface area contributed by atoms with Gasteiger partial charge >= 0.3 is 6.03 Å². The van der Waals surface area contributed by atoms with Crippen LogP contribution in [-0.4, -0.2) is 17.7 Å². The van der Waals surface area contributed by atoms with Gasteiger partial charge < -0.3 is 15.7 Å². The molecule has 4 nitrogen and oxygen atoms in total. The highest BCUT2D eigenvalue weighted by Crippen LogP contribution is 2.34. The summed E-state index contributed by atoms with van der Waals surface area (Å²) in [5, 5.41) is 15.7. The van der Waals surface area contributed by atoms with Gasteiger partial charge in [0.05, 0.1) is 12.2 Å². The minimum Gasteiger partial charge on any atom is -0.383 e. The first-order valence-corrected chi connectivity index (χ1v) is 7.79. The number of benzene rings is 2. The van der Waals surface area contributed by atoms with Crippen molar-refractivity contribution in [1.29, 1.82) is 0 Å². The van der Waals surface area contributed by atoms with Crippen LogP contribution in [0.5, 0.6) is 0 Å². The third-order valence-corrected chi connectivity index (χ3v) is 4.28. The Morgan fingerprint density at radius 1 is 1.21 bits per heavy atom. The Bertz CT molecular complexity index is 766. The van der Waals surface area contributed by atoms with E-state index in [4.69, 9.17) is 0 Å². The molecular weight excluding hydrogens is 314 g/mol. The van der Waals surface area contributed by atoms with Gasteiger partial charge in [0.25, 0.3) is 0 Å². The number of carbonyl (C=O) groups is 1. The quantitative estimate of drug-likeness (QED) is 0.807. The number of urea groups is 1. The molecule has 1 aliphatic carbocycles. The molecule has 0 aliphatic heterocycles. The highest BCUT2D eigenvalue weighted by Gasteiger charge is 2.34. The fraction of sp³-hybridized carbons (Fsp3) is 0.278. The SMILES string of the molecule is O=C(NCC1(O)CCCc2ccccc21)Nc1ccc(F)cc1F. The van der Waals surface area contributed by atoms with E-state index in [1.165, 1.54) is 0 Å². The maximum atomic E-state index is 13.5. The number of anilines is 1. The van der Waals surface area contributed by atoms with Crippen LogP contribution in [0, 0.1) is 11.6 Å². The topological polar surface area (TPSA) is 61.4 Å². The lowest BCUT2D eigenvalue weighted by atomic mass is 9.79. The molecule has 24 heavy (non-hydrogen) atoms. The summed E-state index contributed by atoms with van der Waals surface area (Å²) in [4.78, 5) is 12.0. The van der Waals surface area contributed by atoms with Gasteiger partial charge in [-0.05, 0) is 42.5 Å². The van der Waals surface area contributed by atoms with Gasteiger partial charge in [0.15, 0.2) is 0 Å².